The topological polar surface area (TPSA) is 49.4 Å². The lowest BCUT2D eigenvalue weighted by Gasteiger charge is -2.37. The van der Waals surface area contributed by atoms with Crippen molar-refractivity contribution in [3.63, 3.8) is 0 Å². The lowest BCUT2D eigenvalue weighted by molar-refractivity contribution is 0.260. The van der Waals surface area contributed by atoms with E-state index >= 15 is 0 Å². The second kappa shape index (κ2) is 7.02. The fraction of sp³-hybridized carbons (Fsp3) is 1.00. The molecule has 1 fully saturated rings. The van der Waals surface area contributed by atoms with Crippen molar-refractivity contribution in [2.75, 3.05) is 17.2 Å². The van der Waals surface area contributed by atoms with E-state index in [2.05, 4.69) is 36.6 Å². The first-order valence-corrected chi connectivity index (χ1v) is 10.0. The predicted molar refractivity (Wildman–Crippen MR) is 82.7 cm³/mol. The van der Waals surface area contributed by atoms with Crippen LogP contribution >= 0.6 is 31.9 Å². The van der Waals surface area contributed by atoms with E-state index in [-0.39, 0.29) is 6.04 Å². The lowest BCUT2D eigenvalue weighted by Crippen LogP contribution is -2.57. The SMILES string of the molecule is CCC(CBr)(CBr)NS(=O)(=O)N1CCCCC1C. The molecule has 7 heteroatoms. The summed E-state index contributed by atoms with van der Waals surface area (Å²) < 4.78 is 29.4. The molecule has 1 aliphatic rings. The molecule has 108 valence electrons. The molecule has 1 aliphatic heterocycles. The Morgan fingerprint density at radius 1 is 1.33 bits per heavy atom. The number of nitrogens with zero attached hydrogens (tertiary/aromatic N) is 1. The molecule has 0 radical (unpaired) electrons. The van der Waals surface area contributed by atoms with E-state index in [1.165, 1.54) is 0 Å². The summed E-state index contributed by atoms with van der Waals surface area (Å²) >= 11 is 6.82. The van der Waals surface area contributed by atoms with Gasteiger partial charge in [0.1, 0.15) is 0 Å². The van der Waals surface area contributed by atoms with Gasteiger partial charge in [-0.2, -0.15) is 17.4 Å². The summed E-state index contributed by atoms with van der Waals surface area (Å²) in [5.74, 6) is 0. The van der Waals surface area contributed by atoms with Crippen molar-refractivity contribution < 1.29 is 8.42 Å². The Kier molecular flexibility index (Phi) is 6.58. The number of rotatable bonds is 6. The average Bonchev–Trinajstić information content (AvgIpc) is 2.36. The number of nitrogens with one attached hydrogen (secondary N) is 1. The molecule has 0 aromatic rings. The van der Waals surface area contributed by atoms with Crippen LogP contribution in [0.25, 0.3) is 0 Å². The quantitative estimate of drug-likeness (QED) is 0.690. The van der Waals surface area contributed by atoms with Gasteiger partial charge in [0.2, 0.25) is 0 Å². The van der Waals surface area contributed by atoms with Crippen molar-refractivity contribution in [2.45, 2.75) is 51.1 Å². The number of alkyl halides is 2. The Labute approximate surface area is 127 Å². The molecule has 1 heterocycles. The van der Waals surface area contributed by atoms with Crippen LogP contribution in [0, 0.1) is 0 Å². The fourth-order valence-corrected chi connectivity index (χ4v) is 6.39. The smallest absolute Gasteiger partial charge is 0.195 e. The minimum Gasteiger partial charge on any atom is -0.195 e. The van der Waals surface area contributed by atoms with Crippen molar-refractivity contribution in [1.82, 2.24) is 9.03 Å². The molecule has 0 amide bonds. The monoisotopic (exact) mass is 404 g/mol. The van der Waals surface area contributed by atoms with Crippen LogP contribution in [-0.2, 0) is 10.2 Å². The molecule has 1 atom stereocenters. The van der Waals surface area contributed by atoms with Gasteiger partial charge >= 0.3 is 0 Å². The van der Waals surface area contributed by atoms with Crippen LogP contribution in [0.15, 0.2) is 0 Å². The highest BCUT2D eigenvalue weighted by molar-refractivity contribution is 9.09. The number of hydrogen-bond acceptors (Lipinski definition) is 2. The summed E-state index contributed by atoms with van der Waals surface area (Å²) in [5, 5.41) is 1.20. The molecule has 1 saturated heterocycles. The molecule has 0 aromatic heterocycles. The summed E-state index contributed by atoms with van der Waals surface area (Å²) in [6.07, 6.45) is 3.75. The number of piperidine rings is 1. The van der Waals surface area contributed by atoms with Crippen LogP contribution in [0.2, 0.25) is 0 Å². The van der Waals surface area contributed by atoms with Gasteiger partial charge < -0.3 is 0 Å². The van der Waals surface area contributed by atoms with Crippen LogP contribution in [0.1, 0.15) is 39.5 Å². The van der Waals surface area contributed by atoms with Gasteiger partial charge in [-0.25, -0.2) is 0 Å². The average molecular weight is 406 g/mol. The Balaban J connectivity index is 2.86. The molecule has 1 unspecified atom stereocenters. The first-order chi connectivity index (χ1) is 8.40. The van der Waals surface area contributed by atoms with Crippen LogP contribution in [0.3, 0.4) is 0 Å². The number of hydrogen-bond donors (Lipinski definition) is 1. The van der Waals surface area contributed by atoms with Gasteiger partial charge in [-0.15, -0.1) is 0 Å². The van der Waals surface area contributed by atoms with E-state index in [9.17, 15) is 8.42 Å². The van der Waals surface area contributed by atoms with E-state index in [1.54, 1.807) is 4.31 Å². The minimum atomic E-state index is -3.40. The van der Waals surface area contributed by atoms with E-state index < -0.39 is 15.7 Å². The third-order valence-electron chi connectivity index (χ3n) is 3.58. The van der Waals surface area contributed by atoms with E-state index in [4.69, 9.17) is 0 Å². The summed E-state index contributed by atoms with van der Waals surface area (Å²) in [6.45, 7) is 4.60. The Hall–Kier alpha value is 0.830. The maximum Gasteiger partial charge on any atom is 0.280 e. The molecule has 4 nitrogen and oxygen atoms in total. The normalized spacial score (nSPS) is 23.2. The molecule has 1 rings (SSSR count). The minimum absolute atomic E-state index is 0.0939. The lowest BCUT2D eigenvalue weighted by atomic mass is 10.0. The third-order valence-corrected chi connectivity index (χ3v) is 7.58. The highest BCUT2D eigenvalue weighted by Crippen LogP contribution is 2.23. The molecule has 0 aromatic carbocycles. The van der Waals surface area contributed by atoms with Crippen LogP contribution < -0.4 is 4.72 Å². The van der Waals surface area contributed by atoms with Gasteiger partial charge in [0.05, 0.1) is 5.54 Å². The maximum absolute atomic E-state index is 12.5. The van der Waals surface area contributed by atoms with Gasteiger partial charge in [-0.05, 0) is 26.2 Å². The van der Waals surface area contributed by atoms with Gasteiger partial charge in [0.15, 0.2) is 0 Å². The Morgan fingerprint density at radius 3 is 2.39 bits per heavy atom. The molecule has 0 spiro atoms. The highest BCUT2D eigenvalue weighted by Gasteiger charge is 2.36. The maximum atomic E-state index is 12.5. The Morgan fingerprint density at radius 2 is 1.94 bits per heavy atom. The van der Waals surface area contributed by atoms with Crippen LogP contribution in [0.4, 0.5) is 0 Å². The van der Waals surface area contributed by atoms with Gasteiger partial charge in [0.25, 0.3) is 10.2 Å². The van der Waals surface area contributed by atoms with Crippen LogP contribution in [0.5, 0.6) is 0 Å². The van der Waals surface area contributed by atoms with Gasteiger partial charge in [-0.1, -0.05) is 45.2 Å². The summed E-state index contributed by atoms with van der Waals surface area (Å²) in [7, 11) is -3.40. The number of halogens is 2. The highest BCUT2D eigenvalue weighted by atomic mass is 79.9. The third kappa shape index (κ3) is 3.91. The zero-order valence-electron chi connectivity index (χ0n) is 11.0. The molecule has 0 bridgehead atoms. The zero-order valence-corrected chi connectivity index (χ0v) is 14.9. The second-order valence-electron chi connectivity index (χ2n) is 4.96. The first kappa shape index (κ1) is 16.9. The molecule has 0 saturated carbocycles. The van der Waals surface area contributed by atoms with Crippen molar-refractivity contribution in [3.8, 4) is 0 Å². The van der Waals surface area contributed by atoms with Crippen molar-refractivity contribution in [1.29, 1.82) is 0 Å². The molecular weight excluding hydrogens is 384 g/mol. The first-order valence-electron chi connectivity index (χ1n) is 6.33. The standard InChI is InChI=1S/C11H22Br2N2O2S/c1-3-11(8-12,9-13)14-18(16,17)15-7-5-4-6-10(15)2/h10,14H,3-9H2,1-2H3. The van der Waals surface area contributed by atoms with Crippen molar-refractivity contribution in [3.05, 3.63) is 0 Å². The van der Waals surface area contributed by atoms with Gasteiger partial charge in [-0.3, -0.25) is 0 Å². The molecular formula is C11H22Br2N2O2S. The van der Waals surface area contributed by atoms with E-state index in [1.807, 2.05) is 13.8 Å². The van der Waals surface area contributed by atoms with E-state index in [0.717, 1.165) is 25.7 Å². The molecule has 18 heavy (non-hydrogen) atoms. The summed E-state index contributed by atoms with van der Waals surface area (Å²) in [5.41, 5.74) is -0.448. The summed E-state index contributed by atoms with van der Waals surface area (Å²) in [4.78, 5) is 0. The van der Waals surface area contributed by atoms with Crippen LogP contribution in [-0.4, -0.2) is 41.5 Å². The second-order valence-corrected chi connectivity index (χ2v) is 7.71. The predicted octanol–water partition coefficient (Wildman–Crippen LogP) is 2.63. The van der Waals surface area contributed by atoms with Crippen molar-refractivity contribution in [2.24, 2.45) is 0 Å². The zero-order chi connectivity index (χ0) is 13.8. The van der Waals surface area contributed by atoms with Gasteiger partial charge in [0, 0.05) is 23.2 Å². The largest absolute Gasteiger partial charge is 0.280 e. The fourth-order valence-electron chi connectivity index (χ4n) is 2.11. The Bertz CT molecular complexity index is 350. The molecule has 1 N–H and O–H groups in total. The van der Waals surface area contributed by atoms with E-state index in [0.29, 0.717) is 17.2 Å². The molecule has 0 aliphatic carbocycles. The summed E-state index contributed by atoms with van der Waals surface area (Å²) in [6, 6.07) is 0.0939. The van der Waals surface area contributed by atoms with Crippen molar-refractivity contribution >= 4 is 42.1 Å².